The molecule has 0 heterocycles. The first-order valence-electron chi connectivity index (χ1n) is 4.09. The first-order valence-corrected chi connectivity index (χ1v) is 4.09. The van der Waals surface area contributed by atoms with Crippen LogP contribution in [0.2, 0.25) is 0 Å². The molecule has 0 atom stereocenters. The van der Waals surface area contributed by atoms with Gasteiger partial charge in [-0.25, -0.2) is 4.79 Å². The van der Waals surface area contributed by atoms with Gasteiger partial charge in [0.05, 0.1) is 6.61 Å². The molecule has 6 nitrogen and oxygen atoms in total. The Morgan fingerprint density at radius 1 is 1.69 bits per heavy atom. The second kappa shape index (κ2) is 8.79. The van der Waals surface area contributed by atoms with Crippen LogP contribution in [-0.4, -0.2) is 30.9 Å². The molecule has 0 radical (unpaired) electrons. The van der Waals surface area contributed by atoms with Gasteiger partial charge >= 0.3 is 6.09 Å². The number of alkyl carbamates (subject to hydrolysis) is 1. The van der Waals surface area contributed by atoms with Gasteiger partial charge in [-0.2, -0.15) is 0 Å². The van der Waals surface area contributed by atoms with Crippen LogP contribution in [0.1, 0.15) is 19.8 Å². The van der Waals surface area contributed by atoms with Crippen LogP contribution in [0.25, 0.3) is 0 Å². The van der Waals surface area contributed by atoms with Crippen LogP contribution in [0.3, 0.4) is 0 Å². The number of unbranched alkanes of at least 4 members (excludes halogenated alkanes) is 1. The molecule has 0 aromatic rings. The molecule has 0 rings (SSSR count). The minimum atomic E-state index is -0.497. The van der Waals surface area contributed by atoms with E-state index in [4.69, 9.17) is 9.94 Å². The van der Waals surface area contributed by atoms with Gasteiger partial charge in [0.25, 0.3) is 0 Å². The molecule has 0 spiro atoms. The quantitative estimate of drug-likeness (QED) is 0.245. The summed E-state index contributed by atoms with van der Waals surface area (Å²) in [6.45, 7) is 2.52. The van der Waals surface area contributed by atoms with E-state index in [9.17, 15) is 4.79 Å². The number of amides is 1. The summed E-state index contributed by atoms with van der Waals surface area (Å²) in [6, 6.07) is 0. The van der Waals surface area contributed by atoms with E-state index >= 15 is 0 Å². The Morgan fingerprint density at radius 2 is 2.46 bits per heavy atom. The number of rotatable bonds is 6. The van der Waals surface area contributed by atoms with Crippen molar-refractivity contribution < 1.29 is 14.7 Å². The molecule has 0 aliphatic rings. The summed E-state index contributed by atoms with van der Waals surface area (Å²) >= 11 is 0. The van der Waals surface area contributed by atoms with Crippen molar-refractivity contribution in [3.63, 3.8) is 0 Å². The van der Waals surface area contributed by atoms with Crippen LogP contribution in [0.4, 0.5) is 4.79 Å². The van der Waals surface area contributed by atoms with Gasteiger partial charge < -0.3 is 10.1 Å². The first-order chi connectivity index (χ1) is 6.31. The number of nitrogens with zero attached hydrogens (tertiary/aromatic N) is 1. The zero-order chi connectivity index (χ0) is 9.94. The minimum Gasteiger partial charge on any atom is -0.450 e. The Kier molecular flexibility index (Phi) is 7.91. The Labute approximate surface area is 76.9 Å². The monoisotopic (exact) mass is 189 g/mol. The van der Waals surface area contributed by atoms with Crippen molar-refractivity contribution in [2.75, 3.05) is 13.3 Å². The second-order valence-corrected chi connectivity index (χ2v) is 2.27. The summed E-state index contributed by atoms with van der Waals surface area (Å²) in [6.07, 6.45) is 2.41. The fourth-order valence-electron chi connectivity index (χ4n) is 0.557. The van der Waals surface area contributed by atoms with E-state index in [2.05, 4.69) is 10.3 Å². The molecule has 3 N–H and O–H groups in total. The van der Waals surface area contributed by atoms with Crippen molar-refractivity contribution in [3.8, 4) is 0 Å². The van der Waals surface area contributed by atoms with Crippen molar-refractivity contribution in [1.29, 1.82) is 0 Å². The molecule has 0 saturated heterocycles. The molecule has 0 bridgehead atoms. The van der Waals surface area contributed by atoms with Gasteiger partial charge in [-0.3, -0.25) is 15.7 Å². The highest BCUT2D eigenvalue weighted by Gasteiger charge is 1.97. The molecule has 0 saturated carbocycles. The molecule has 1 amide bonds. The van der Waals surface area contributed by atoms with Crippen LogP contribution in [0.5, 0.6) is 0 Å². The Morgan fingerprint density at radius 3 is 3.08 bits per heavy atom. The lowest BCUT2D eigenvalue weighted by atomic mass is 10.4. The van der Waals surface area contributed by atoms with E-state index in [-0.39, 0.29) is 6.67 Å². The summed E-state index contributed by atoms with van der Waals surface area (Å²) in [5.41, 5.74) is 1.71. The average Bonchev–Trinajstić information content (AvgIpc) is 2.13. The number of carbonyl (C=O) groups excluding carboxylic acids is 1. The van der Waals surface area contributed by atoms with Gasteiger partial charge in [0.15, 0.2) is 0 Å². The standard InChI is InChI=1S/C7H15N3O3/c1-2-3-4-13-7(11)9-5-8-6-10-12/h6,12H,2-5H2,1H3,(H,8,10)(H,9,11). The molecular weight excluding hydrogens is 174 g/mol. The lowest BCUT2D eigenvalue weighted by Gasteiger charge is -2.03. The molecule has 13 heavy (non-hydrogen) atoms. The third-order valence-corrected chi connectivity index (χ3v) is 1.19. The summed E-state index contributed by atoms with van der Waals surface area (Å²) in [5, 5.41) is 10.4. The lowest BCUT2D eigenvalue weighted by molar-refractivity contribution is 0.145. The highest BCUT2D eigenvalue weighted by molar-refractivity contribution is 5.67. The highest BCUT2D eigenvalue weighted by atomic mass is 16.5. The number of ether oxygens (including phenoxy) is 1. The fraction of sp³-hybridized carbons (Fsp3) is 0.714. The van der Waals surface area contributed by atoms with Gasteiger partial charge in [-0.1, -0.05) is 13.3 Å². The smallest absolute Gasteiger partial charge is 0.408 e. The van der Waals surface area contributed by atoms with Crippen molar-refractivity contribution in [3.05, 3.63) is 0 Å². The Hall–Kier alpha value is -1.30. The molecule has 0 aromatic carbocycles. The topological polar surface area (TPSA) is 83.0 Å². The van der Waals surface area contributed by atoms with E-state index in [1.165, 1.54) is 0 Å². The zero-order valence-electron chi connectivity index (χ0n) is 7.62. The molecule has 0 aromatic heterocycles. The van der Waals surface area contributed by atoms with E-state index in [1.807, 2.05) is 6.92 Å². The number of hydroxylamine groups is 1. The number of aliphatic imine (C=N–C) groups is 1. The number of hydrogen-bond donors (Lipinski definition) is 3. The maximum Gasteiger partial charge on any atom is 0.408 e. The van der Waals surface area contributed by atoms with Crippen molar-refractivity contribution in [2.45, 2.75) is 19.8 Å². The SMILES string of the molecule is CCCCOC(=O)NCN=CNO. The highest BCUT2D eigenvalue weighted by Crippen LogP contribution is 1.87. The number of hydrogen-bond acceptors (Lipinski definition) is 4. The molecule has 0 fully saturated rings. The van der Waals surface area contributed by atoms with Crippen LogP contribution < -0.4 is 10.8 Å². The maximum atomic E-state index is 10.8. The third-order valence-electron chi connectivity index (χ3n) is 1.19. The molecule has 0 aliphatic carbocycles. The Balaban J connectivity index is 3.25. The Bertz CT molecular complexity index is 161. The molecular formula is C7H15N3O3. The predicted molar refractivity (Wildman–Crippen MR) is 47.7 cm³/mol. The molecule has 0 aliphatic heterocycles. The predicted octanol–water partition coefficient (Wildman–Crippen LogP) is 0.477. The van der Waals surface area contributed by atoms with E-state index in [0.29, 0.717) is 6.61 Å². The average molecular weight is 189 g/mol. The largest absolute Gasteiger partial charge is 0.450 e. The van der Waals surface area contributed by atoms with Gasteiger partial charge in [-0.15, -0.1) is 0 Å². The summed E-state index contributed by atoms with van der Waals surface area (Å²) in [5.74, 6) is 0. The van der Waals surface area contributed by atoms with Crippen LogP contribution in [-0.2, 0) is 4.74 Å². The second-order valence-electron chi connectivity index (χ2n) is 2.27. The fourth-order valence-corrected chi connectivity index (χ4v) is 0.557. The van der Waals surface area contributed by atoms with E-state index in [0.717, 1.165) is 19.2 Å². The summed E-state index contributed by atoms with van der Waals surface area (Å²) < 4.78 is 4.76. The molecule has 76 valence electrons. The van der Waals surface area contributed by atoms with Crippen LogP contribution in [0, 0.1) is 0 Å². The molecule has 0 unspecified atom stereocenters. The van der Waals surface area contributed by atoms with Gasteiger partial charge in [-0.05, 0) is 6.42 Å². The van der Waals surface area contributed by atoms with E-state index in [1.54, 1.807) is 5.48 Å². The van der Waals surface area contributed by atoms with Gasteiger partial charge in [0, 0.05) is 0 Å². The molecule has 6 heteroatoms. The van der Waals surface area contributed by atoms with Gasteiger partial charge in [0.2, 0.25) is 0 Å². The summed E-state index contributed by atoms with van der Waals surface area (Å²) in [4.78, 5) is 14.4. The maximum absolute atomic E-state index is 10.8. The van der Waals surface area contributed by atoms with Crippen molar-refractivity contribution in [2.24, 2.45) is 4.99 Å². The number of nitrogens with one attached hydrogen (secondary N) is 2. The minimum absolute atomic E-state index is 0.0819. The zero-order valence-corrected chi connectivity index (χ0v) is 7.62. The summed E-state index contributed by atoms with van der Waals surface area (Å²) in [7, 11) is 0. The lowest BCUT2D eigenvalue weighted by Crippen LogP contribution is -2.25. The van der Waals surface area contributed by atoms with Crippen LogP contribution in [0.15, 0.2) is 4.99 Å². The normalized spacial score (nSPS) is 10.0. The van der Waals surface area contributed by atoms with Crippen molar-refractivity contribution >= 4 is 12.4 Å². The first kappa shape index (κ1) is 11.7. The number of carbonyl (C=O) groups is 1. The third kappa shape index (κ3) is 8.61. The van der Waals surface area contributed by atoms with E-state index < -0.39 is 6.09 Å². The van der Waals surface area contributed by atoms with Crippen molar-refractivity contribution in [1.82, 2.24) is 10.8 Å². The van der Waals surface area contributed by atoms with Gasteiger partial charge in [0.1, 0.15) is 13.0 Å². The van der Waals surface area contributed by atoms with Crippen LogP contribution >= 0.6 is 0 Å².